The van der Waals surface area contributed by atoms with Crippen LogP contribution in [0.2, 0.25) is 0 Å². The lowest BCUT2D eigenvalue weighted by atomic mass is 10.1. The lowest BCUT2D eigenvalue weighted by Crippen LogP contribution is -2.37. The van der Waals surface area contributed by atoms with Crippen molar-refractivity contribution in [2.45, 2.75) is 19.4 Å². The second kappa shape index (κ2) is 10.2. The lowest BCUT2D eigenvalue weighted by molar-refractivity contribution is 0.414. The molecule has 2 aromatic rings. The van der Waals surface area contributed by atoms with Gasteiger partial charge in [-0.2, -0.15) is 0 Å². The van der Waals surface area contributed by atoms with Gasteiger partial charge in [-0.25, -0.2) is 0 Å². The maximum atomic E-state index is 5.24. The fourth-order valence-electron chi connectivity index (χ4n) is 2.48. The van der Waals surface area contributed by atoms with Gasteiger partial charge in [-0.05, 0) is 48.2 Å². The lowest BCUT2D eigenvalue weighted by Gasteiger charge is -2.12. The number of benzene rings is 2. The van der Waals surface area contributed by atoms with E-state index in [2.05, 4.69) is 33.8 Å². The van der Waals surface area contributed by atoms with Gasteiger partial charge in [-0.3, -0.25) is 4.99 Å². The highest BCUT2D eigenvalue weighted by Gasteiger charge is 2.00. The molecule has 0 radical (unpaired) electrons. The van der Waals surface area contributed by atoms with E-state index in [9.17, 15) is 0 Å². The Bertz CT molecular complexity index is 669. The Labute approximate surface area is 150 Å². The number of ether oxygens (including phenoxy) is 2. The third-order valence-electron chi connectivity index (χ3n) is 3.91. The molecular weight excluding hydrogens is 314 g/mol. The molecule has 0 aliphatic carbocycles. The van der Waals surface area contributed by atoms with E-state index >= 15 is 0 Å². The van der Waals surface area contributed by atoms with Crippen molar-refractivity contribution in [1.82, 2.24) is 10.6 Å². The number of methoxy groups -OCH3 is 2. The number of hydrogen-bond donors (Lipinski definition) is 2. The van der Waals surface area contributed by atoms with Crippen LogP contribution in [0, 0.1) is 0 Å². The van der Waals surface area contributed by atoms with Gasteiger partial charge in [0, 0.05) is 20.1 Å². The monoisotopic (exact) mass is 341 g/mol. The van der Waals surface area contributed by atoms with Crippen LogP contribution in [0.4, 0.5) is 0 Å². The number of rotatable bonds is 8. The fourth-order valence-corrected chi connectivity index (χ4v) is 2.48. The highest BCUT2D eigenvalue weighted by Crippen LogP contribution is 2.13. The van der Waals surface area contributed by atoms with Crippen molar-refractivity contribution in [1.29, 1.82) is 0 Å². The first kappa shape index (κ1) is 18.6. The van der Waals surface area contributed by atoms with Gasteiger partial charge in [-0.1, -0.05) is 24.3 Å². The number of nitrogens with zero attached hydrogens (tertiary/aromatic N) is 1. The molecule has 0 unspecified atom stereocenters. The SMILES string of the molecule is CN=C(NCCCc1ccc(OC)cc1)NCc1cccc(OC)c1. The first-order valence-corrected chi connectivity index (χ1v) is 8.45. The van der Waals surface area contributed by atoms with Crippen LogP contribution in [0.1, 0.15) is 17.5 Å². The van der Waals surface area contributed by atoms with Gasteiger partial charge in [0.2, 0.25) is 0 Å². The van der Waals surface area contributed by atoms with E-state index in [-0.39, 0.29) is 0 Å². The predicted molar refractivity (Wildman–Crippen MR) is 103 cm³/mol. The van der Waals surface area contributed by atoms with Gasteiger partial charge < -0.3 is 20.1 Å². The van der Waals surface area contributed by atoms with Crippen molar-refractivity contribution in [3.05, 3.63) is 59.7 Å². The van der Waals surface area contributed by atoms with Crippen molar-refractivity contribution in [2.24, 2.45) is 4.99 Å². The Hall–Kier alpha value is -2.69. The second-order valence-electron chi connectivity index (χ2n) is 5.66. The summed E-state index contributed by atoms with van der Waals surface area (Å²) in [5.41, 5.74) is 2.46. The van der Waals surface area contributed by atoms with E-state index in [4.69, 9.17) is 9.47 Å². The molecule has 0 fully saturated rings. The Morgan fingerprint density at radius 2 is 1.68 bits per heavy atom. The van der Waals surface area contributed by atoms with Gasteiger partial charge >= 0.3 is 0 Å². The van der Waals surface area contributed by atoms with Crippen molar-refractivity contribution in [3.63, 3.8) is 0 Å². The third kappa shape index (κ3) is 6.37. The zero-order chi connectivity index (χ0) is 17.9. The Morgan fingerprint density at radius 3 is 2.36 bits per heavy atom. The van der Waals surface area contributed by atoms with E-state index in [1.54, 1.807) is 21.3 Å². The molecule has 0 atom stereocenters. The topological polar surface area (TPSA) is 54.9 Å². The molecule has 0 saturated carbocycles. The van der Waals surface area contributed by atoms with Crippen LogP contribution in [0.3, 0.4) is 0 Å². The average Bonchev–Trinajstić information content (AvgIpc) is 2.68. The molecule has 2 rings (SSSR count). The first-order chi connectivity index (χ1) is 12.2. The molecule has 5 nitrogen and oxygen atoms in total. The van der Waals surface area contributed by atoms with Crippen molar-refractivity contribution in [3.8, 4) is 11.5 Å². The van der Waals surface area contributed by atoms with E-state index in [0.717, 1.165) is 42.4 Å². The van der Waals surface area contributed by atoms with Gasteiger partial charge in [0.15, 0.2) is 5.96 Å². The summed E-state index contributed by atoms with van der Waals surface area (Å²) in [6.07, 6.45) is 2.05. The maximum absolute atomic E-state index is 5.24. The summed E-state index contributed by atoms with van der Waals surface area (Å²) in [5, 5.41) is 6.66. The molecule has 134 valence electrons. The number of aliphatic imine (C=N–C) groups is 1. The Kier molecular flexibility index (Phi) is 7.63. The summed E-state index contributed by atoms with van der Waals surface area (Å²) >= 11 is 0. The first-order valence-electron chi connectivity index (χ1n) is 8.45. The Balaban J connectivity index is 1.70. The smallest absolute Gasteiger partial charge is 0.191 e. The summed E-state index contributed by atoms with van der Waals surface area (Å²) in [4.78, 5) is 4.26. The van der Waals surface area contributed by atoms with Crippen LogP contribution in [0.15, 0.2) is 53.5 Å². The minimum absolute atomic E-state index is 0.704. The van der Waals surface area contributed by atoms with E-state index in [1.807, 2.05) is 30.3 Å². The predicted octanol–water partition coefficient (Wildman–Crippen LogP) is 3.00. The van der Waals surface area contributed by atoms with E-state index in [0.29, 0.717) is 6.54 Å². The largest absolute Gasteiger partial charge is 0.497 e. The number of hydrogen-bond acceptors (Lipinski definition) is 3. The summed E-state index contributed by atoms with van der Waals surface area (Å²) in [5.74, 6) is 2.56. The summed E-state index contributed by atoms with van der Waals surface area (Å²) in [6, 6.07) is 16.2. The highest BCUT2D eigenvalue weighted by molar-refractivity contribution is 5.79. The highest BCUT2D eigenvalue weighted by atomic mass is 16.5. The average molecular weight is 341 g/mol. The summed E-state index contributed by atoms with van der Waals surface area (Å²) in [6.45, 7) is 1.57. The van der Waals surface area contributed by atoms with Crippen LogP contribution in [-0.2, 0) is 13.0 Å². The van der Waals surface area contributed by atoms with Crippen molar-refractivity contribution < 1.29 is 9.47 Å². The van der Waals surface area contributed by atoms with Crippen LogP contribution in [-0.4, -0.2) is 33.8 Å². The standard InChI is InChI=1S/C20H27N3O2/c1-21-20(23-15-17-6-4-8-19(14-17)25-3)22-13-5-7-16-9-11-18(24-2)12-10-16/h4,6,8-12,14H,5,7,13,15H2,1-3H3,(H2,21,22,23). The normalized spacial score (nSPS) is 11.1. The minimum atomic E-state index is 0.704. The van der Waals surface area contributed by atoms with Gasteiger partial charge in [0.25, 0.3) is 0 Å². The molecular formula is C20H27N3O2. The second-order valence-corrected chi connectivity index (χ2v) is 5.66. The molecule has 0 spiro atoms. The molecule has 0 aromatic heterocycles. The van der Waals surface area contributed by atoms with Gasteiger partial charge in [0.1, 0.15) is 11.5 Å². The maximum Gasteiger partial charge on any atom is 0.191 e. The molecule has 2 aromatic carbocycles. The minimum Gasteiger partial charge on any atom is -0.497 e. The molecule has 0 saturated heterocycles. The van der Waals surface area contributed by atoms with Crippen LogP contribution in [0.5, 0.6) is 11.5 Å². The molecule has 5 heteroatoms. The summed E-state index contributed by atoms with van der Waals surface area (Å²) in [7, 11) is 5.14. The zero-order valence-corrected chi connectivity index (χ0v) is 15.2. The molecule has 0 heterocycles. The van der Waals surface area contributed by atoms with Gasteiger partial charge in [-0.15, -0.1) is 0 Å². The van der Waals surface area contributed by atoms with Crippen molar-refractivity contribution in [2.75, 3.05) is 27.8 Å². The molecule has 0 aliphatic rings. The third-order valence-corrected chi connectivity index (χ3v) is 3.91. The van der Waals surface area contributed by atoms with Crippen LogP contribution in [0.25, 0.3) is 0 Å². The number of guanidine groups is 1. The summed E-state index contributed by atoms with van der Waals surface area (Å²) < 4.78 is 10.4. The molecule has 25 heavy (non-hydrogen) atoms. The van der Waals surface area contributed by atoms with Crippen molar-refractivity contribution >= 4 is 5.96 Å². The quantitative estimate of drug-likeness (QED) is 0.440. The molecule has 0 bridgehead atoms. The van der Waals surface area contributed by atoms with Crippen LogP contribution >= 0.6 is 0 Å². The molecule has 0 aliphatic heterocycles. The number of aryl methyl sites for hydroxylation is 1. The van der Waals surface area contributed by atoms with E-state index < -0.39 is 0 Å². The van der Waals surface area contributed by atoms with E-state index in [1.165, 1.54) is 5.56 Å². The molecule has 0 amide bonds. The zero-order valence-electron chi connectivity index (χ0n) is 15.2. The van der Waals surface area contributed by atoms with Crippen LogP contribution < -0.4 is 20.1 Å². The van der Waals surface area contributed by atoms with Gasteiger partial charge in [0.05, 0.1) is 14.2 Å². The Morgan fingerprint density at radius 1 is 0.920 bits per heavy atom. The number of nitrogens with one attached hydrogen (secondary N) is 2. The fraction of sp³-hybridized carbons (Fsp3) is 0.350. The molecule has 2 N–H and O–H groups in total.